The van der Waals surface area contributed by atoms with Crippen LogP contribution >= 0.6 is 0 Å². The highest BCUT2D eigenvalue weighted by molar-refractivity contribution is 5.90. The maximum atomic E-state index is 14.9. The number of alkyl halides is 5. The molecule has 0 aliphatic carbocycles. The standard InChI is InChI=1S/C22H14F6N8O2/c1-34-18(37)17-16(31-19(34)22(26,27)28)15(13-3-2-10(5-29)4-14(13)23)32-21(33-17)35-7-12(8-35)38-11-6-30-36(9-11)20(24)25/h2-4,6,9,12,20H,7-8H2,1H3. The quantitative estimate of drug-likeness (QED) is 0.357. The minimum atomic E-state index is -5.00. The second kappa shape index (κ2) is 9.01. The van der Waals surface area contributed by atoms with E-state index in [1.807, 2.05) is 0 Å². The van der Waals surface area contributed by atoms with Gasteiger partial charge in [-0.15, -0.1) is 0 Å². The lowest BCUT2D eigenvalue weighted by Crippen LogP contribution is -2.54. The molecule has 0 saturated carbocycles. The molecule has 4 heterocycles. The molecular weight excluding hydrogens is 522 g/mol. The number of nitriles is 1. The Hall–Kier alpha value is -4.68. The Labute approximate surface area is 208 Å². The predicted octanol–water partition coefficient (Wildman–Crippen LogP) is 3.28. The molecule has 196 valence electrons. The SMILES string of the molecule is Cn1c(C(F)(F)F)nc2c(-c3ccc(C#N)cc3F)nc(N3CC(Oc4cnn(C(F)F)c4)C3)nc2c1=O. The third-order valence-corrected chi connectivity index (χ3v) is 5.73. The molecule has 1 fully saturated rings. The van der Waals surface area contributed by atoms with E-state index in [2.05, 4.69) is 20.1 Å². The number of anilines is 1. The molecule has 0 unspecified atom stereocenters. The smallest absolute Gasteiger partial charge is 0.449 e. The van der Waals surface area contributed by atoms with Crippen molar-refractivity contribution in [1.29, 1.82) is 5.26 Å². The number of benzene rings is 1. The number of halogens is 6. The third kappa shape index (κ3) is 4.35. The number of hydrogen-bond donors (Lipinski definition) is 0. The van der Waals surface area contributed by atoms with Crippen LogP contribution in [0, 0.1) is 17.1 Å². The van der Waals surface area contributed by atoms with Gasteiger partial charge in [-0.05, 0) is 18.2 Å². The van der Waals surface area contributed by atoms with Crippen molar-refractivity contribution in [3.8, 4) is 23.1 Å². The van der Waals surface area contributed by atoms with E-state index in [1.54, 1.807) is 6.07 Å². The minimum Gasteiger partial charge on any atom is -0.483 e. The van der Waals surface area contributed by atoms with Gasteiger partial charge in [-0.25, -0.2) is 24.0 Å². The topological polar surface area (TPSA) is 115 Å². The third-order valence-electron chi connectivity index (χ3n) is 5.73. The van der Waals surface area contributed by atoms with Crippen molar-refractivity contribution < 1.29 is 31.1 Å². The Morgan fingerprint density at radius 1 is 1.16 bits per heavy atom. The molecule has 0 radical (unpaired) electrons. The number of rotatable bonds is 5. The van der Waals surface area contributed by atoms with E-state index in [1.165, 1.54) is 11.0 Å². The first-order chi connectivity index (χ1) is 18.0. The van der Waals surface area contributed by atoms with Crippen molar-refractivity contribution in [2.45, 2.75) is 18.8 Å². The molecule has 5 rings (SSSR count). The molecule has 38 heavy (non-hydrogen) atoms. The van der Waals surface area contributed by atoms with Crippen molar-refractivity contribution in [3.05, 3.63) is 58.2 Å². The highest BCUT2D eigenvalue weighted by atomic mass is 19.4. The summed E-state index contributed by atoms with van der Waals surface area (Å²) in [7, 11) is 0.883. The van der Waals surface area contributed by atoms with E-state index < -0.39 is 47.1 Å². The molecule has 1 saturated heterocycles. The summed E-state index contributed by atoms with van der Waals surface area (Å²) in [5.41, 5.74) is -2.89. The molecule has 10 nitrogen and oxygen atoms in total. The lowest BCUT2D eigenvalue weighted by atomic mass is 10.1. The van der Waals surface area contributed by atoms with Crippen molar-refractivity contribution in [2.24, 2.45) is 7.05 Å². The fourth-order valence-corrected chi connectivity index (χ4v) is 3.85. The first-order valence-electron chi connectivity index (χ1n) is 10.8. The lowest BCUT2D eigenvalue weighted by Gasteiger charge is -2.38. The summed E-state index contributed by atoms with van der Waals surface area (Å²) >= 11 is 0. The van der Waals surface area contributed by atoms with Gasteiger partial charge in [0.2, 0.25) is 11.8 Å². The summed E-state index contributed by atoms with van der Waals surface area (Å²) in [5, 5.41) is 12.5. The Bertz CT molecular complexity index is 1650. The maximum absolute atomic E-state index is 14.9. The predicted molar refractivity (Wildman–Crippen MR) is 118 cm³/mol. The highest BCUT2D eigenvalue weighted by Gasteiger charge is 2.38. The van der Waals surface area contributed by atoms with Crippen LogP contribution in [0.15, 0.2) is 35.4 Å². The average molecular weight is 536 g/mol. The lowest BCUT2D eigenvalue weighted by molar-refractivity contribution is -0.147. The molecule has 1 aromatic carbocycles. The van der Waals surface area contributed by atoms with Gasteiger partial charge in [-0.3, -0.25) is 9.36 Å². The summed E-state index contributed by atoms with van der Waals surface area (Å²) in [6.07, 6.45) is -3.38. The molecule has 0 bridgehead atoms. The van der Waals surface area contributed by atoms with Crippen molar-refractivity contribution >= 4 is 17.0 Å². The zero-order chi connectivity index (χ0) is 27.4. The fourth-order valence-electron chi connectivity index (χ4n) is 3.85. The monoisotopic (exact) mass is 536 g/mol. The van der Waals surface area contributed by atoms with Crippen LogP contribution in [0.4, 0.5) is 32.3 Å². The van der Waals surface area contributed by atoms with E-state index in [-0.39, 0.29) is 41.6 Å². The Kier molecular flexibility index (Phi) is 5.93. The van der Waals surface area contributed by atoms with E-state index >= 15 is 0 Å². The van der Waals surface area contributed by atoms with Crippen LogP contribution in [0.2, 0.25) is 0 Å². The van der Waals surface area contributed by atoms with Crippen LogP contribution in [0.5, 0.6) is 5.75 Å². The maximum Gasteiger partial charge on any atom is 0.449 e. The number of fused-ring (bicyclic) bond motifs is 1. The van der Waals surface area contributed by atoms with Crippen LogP contribution in [0.25, 0.3) is 22.3 Å². The van der Waals surface area contributed by atoms with E-state index in [9.17, 15) is 31.1 Å². The average Bonchev–Trinajstić information content (AvgIpc) is 3.31. The molecule has 1 aliphatic heterocycles. The van der Waals surface area contributed by atoms with E-state index in [4.69, 9.17) is 10.00 Å². The van der Waals surface area contributed by atoms with Gasteiger partial charge in [0.1, 0.15) is 23.1 Å². The molecule has 0 spiro atoms. The van der Waals surface area contributed by atoms with Crippen LogP contribution in [-0.2, 0) is 13.2 Å². The van der Waals surface area contributed by atoms with Gasteiger partial charge in [0, 0.05) is 12.6 Å². The number of aromatic nitrogens is 6. The molecule has 1 aliphatic rings. The van der Waals surface area contributed by atoms with Crippen molar-refractivity contribution in [2.75, 3.05) is 18.0 Å². The molecule has 3 aromatic heterocycles. The van der Waals surface area contributed by atoms with Gasteiger partial charge in [0.25, 0.3) is 5.56 Å². The second-order valence-corrected chi connectivity index (χ2v) is 8.25. The van der Waals surface area contributed by atoms with Crippen LogP contribution in [-0.4, -0.2) is 48.5 Å². The second-order valence-electron chi connectivity index (χ2n) is 8.25. The first-order valence-corrected chi connectivity index (χ1v) is 10.8. The van der Waals surface area contributed by atoms with E-state index in [0.29, 0.717) is 9.25 Å². The molecular formula is C22H14F6N8O2. The number of hydrogen-bond acceptors (Lipinski definition) is 8. The van der Waals surface area contributed by atoms with Crippen molar-refractivity contribution in [1.82, 2.24) is 29.3 Å². The molecule has 16 heteroatoms. The number of nitrogens with zero attached hydrogens (tertiary/aromatic N) is 8. The van der Waals surface area contributed by atoms with Gasteiger partial charge in [0.05, 0.1) is 37.1 Å². The highest BCUT2D eigenvalue weighted by Crippen LogP contribution is 2.33. The largest absolute Gasteiger partial charge is 0.483 e. The zero-order valence-corrected chi connectivity index (χ0v) is 19.1. The molecule has 4 aromatic rings. The Morgan fingerprint density at radius 3 is 2.50 bits per heavy atom. The summed E-state index contributed by atoms with van der Waals surface area (Å²) in [6, 6.07) is 5.01. The van der Waals surface area contributed by atoms with Crippen LogP contribution < -0.4 is 15.2 Å². The fraction of sp³-hybridized carbons (Fsp3) is 0.273. The molecule has 0 N–H and O–H groups in total. The van der Waals surface area contributed by atoms with Crippen molar-refractivity contribution in [3.63, 3.8) is 0 Å². The van der Waals surface area contributed by atoms with Crippen LogP contribution in [0.1, 0.15) is 17.9 Å². The van der Waals surface area contributed by atoms with Crippen LogP contribution in [0.3, 0.4) is 0 Å². The van der Waals surface area contributed by atoms with Gasteiger partial charge >= 0.3 is 12.7 Å². The van der Waals surface area contributed by atoms with E-state index in [0.717, 1.165) is 31.6 Å². The zero-order valence-electron chi connectivity index (χ0n) is 19.1. The van der Waals surface area contributed by atoms with Gasteiger partial charge in [-0.1, -0.05) is 0 Å². The molecule has 0 amide bonds. The van der Waals surface area contributed by atoms with Gasteiger partial charge in [-0.2, -0.15) is 32.3 Å². The summed E-state index contributed by atoms with van der Waals surface area (Å²) in [4.78, 5) is 26.3. The Morgan fingerprint density at radius 2 is 1.89 bits per heavy atom. The first kappa shape index (κ1) is 25.0. The summed E-state index contributed by atoms with van der Waals surface area (Å²) in [5.74, 6) is -2.51. The van der Waals surface area contributed by atoms with Gasteiger partial charge in [0.15, 0.2) is 11.3 Å². The normalized spacial score (nSPS) is 14.1. The minimum absolute atomic E-state index is 0.0393. The number of ether oxygens (including phenoxy) is 1. The molecule has 0 atom stereocenters. The summed E-state index contributed by atoms with van der Waals surface area (Å²) in [6.45, 7) is -2.60. The Balaban J connectivity index is 1.56. The van der Waals surface area contributed by atoms with Gasteiger partial charge < -0.3 is 9.64 Å². The summed E-state index contributed by atoms with van der Waals surface area (Å²) < 4.78 is 87.3.